The molecule has 1 aromatic rings. The Bertz CT molecular complexity index is 370. The van der Waals surface area contributed by atoms with Crippen molar-refractivity contribution < 1.29 is 9.21 Å². The number of hydrogen-bond donors (Lipinski definition) is 2. The van der Waals surface area contributed by atoms with Crippen molar-refractivity contribution in [2.24, 2.45) is 5.73 Å². The fourth-order valence-electron chi connectivity index (χ4n) is 1.62. The number of nitrogens with two attached hydrogens (primary N) is 1. The van der Waals surface area contributed by atoms with Crippen LogP contribution in [0.5, 0.6) is 0 Å². The van der Waals surface area contributed by atoms with Crippen molar-refractivity contribution in [2.45, 2.75) is 37.3 Å². The van der Waals surface area contributed by atoms with Gasteiger partial charge in [-0.1, -0.05) is 25.6 Å². The van der Waals surface area contributed by atoms with Crippen LogP contribution in [0.4, 0.5) is 0 Å². The lowest BCUT2D eigenvalue weighted by molar-refractivity contribution is 0.0861. The standard InChI is InChI=1S/C12H20N2O2S.ClH/c1-4-12(5-2,8-13)14-11(15)9-6-7-10(16-9)17-3;/h6-7H,4-5,8,13H2,1-3H3,(H,14,15);1H. The molecule has 4 nitrogen and oxygen atoms in total. The van der Waals surface area contributed by atoms with Crippen molar-refractivity contribution in [2.75, 3.05) is 12.8 Å². The molecule has 0 spiro atoms. The van der Waals surface area contributed by atoms with Gasteiger partial charge in [-0.3, -0.25) is 4.79 Å². The lowest BCUT2D eigenvalue weighted by Crippen LogP contribution is -2.52. The summed E-state index contributed by atoms with van der Waals surface area (Å²) in [5, 5.41) is 3.70. The maximum atomic E-state index is 12.0. The molecule has 0 aliphatic carbocycles. The van der Waals surface area contributed by atoms with Crippen molar-refractivity contribution in [3.05, 3.63) is 17.9 Å². The molecule has 0 fully saturated rings. The van der Waals surface area contributed by atoms with E-state index in [-0.39, 0.29) is 23.9 Å². The van der Waals surface area contributed by atoms with Crippen LogP contribution < -0.4 is 11.1 Å². The SMILES string of the molecule is CCC(CC)(CN)NC(=O)c1ccc(SC)o1.Cl. The molecule has 1 amide bonds. The number of thioether (sulfide) groups is 1. The number of nitrogens with one attached hydrogen (secondary N) is 1. The van der Waals surface area contributed by atoms with E-state index in [2.05, 4.69) is 5.32 Å². The van der Waals surface area contributed by atoms with E-state index in [9.17, 15) is 4.79 Å². The van der Waals surface area contributed by atoms with E-state index in [0.29, 0.717) is 12.3 Å². The minimum atomic E-state index is -0.330. The van der Waals surface area contributed by atoms with E-state index >= 15 is 0 Å². The number of furan rings is 1. The van der Waals surface area contributed by atoms with Gasteiger partial charge in [0.2, 0.25) is 0 Å². The maximum Gasteiger partial charge on any atom is 0.287 e. The second-order valence-electron chi connectivity index (χ2n) is 3.97. The highest BCUT2D eigenvalue weighted by molar-refractivity contribution is 7.98. The van der Waals surface area contributed by atoms with Gasteiger partial charge in [-0.25, -0.2) is 0 Å². The lowest BCUT2D eigenvalue weighted by Gasteiger charge is -2.30. The number of halogens is 1. The number of rotatable bonds is 6. The molecular formula is C12H21ClN2O2S. The van der Waals surface area contributed by atoms with Crippen molar-refractivity contribution in [3.8, 4) is 0 Å². The van der Waals surface area contributed by atoms with Gasteiger partial charge in [-0.2, -0.15) is 0 Å². The van der Waals surface area contributed by atoms with Crippen LogP contribution in [0.3, 0.4) is 0 Å². The summed E-state index contributed by atoms with van der Waals surface area (Å²) in [5.41, 5.74) is 5.41. The molecule has 0 saturated carbocycles. The second-order valence-corrected chi connectivity index (χ2v) is 4.78. The fourth-order valence-corrected chi connectivity index (χ4v) is 2.00. The third-order valence-electron chi connectivity index (χ3n) is 3.13. The van der Waals surface area contributed by atoms with Gasteiger partial charge in [-0.15, -0.1) is 12.4 Å². The molecule has 0 unspecified atom stereocenters. The number of carbonyl (C=O) groups is 1. The van der Waals surface area contributed by atoms with Gasteiger partial charge < -0.3 is 15.5 Å². The van der Waals surface area contributed by atoms with E-state index < -0.39 is 0 Å². The van der Waals surface area contributed by atoms with Crippen LogP contribution in [0.25, 0.3) is 0 Å². The van der Waals surface area contributed by atoms with Crippen LogP contribution in [0, 0.1) is 0 Å². The summed E-state index contributed by atoms with van der Waals surface area (Å²) in [7, 11) is 0. The Labute approximate surface area is 118 Å². The number of hydrogen-bond acceptors (Lipinski definition) is 4. The maximum absolute atomic E-state index is 12.0. The van der Waals surface area contributed by atoms with Crippen LogP contribution in [0.1, 0.15) is 37.2 Å². The summed E-state index contributed by atoms with van der Waals surface area (Å²) in [5.74, 6) is 0.147. The molecule has 1 rings (SSSR count). The van der Waals surface area contributed by atoms with Gasteiger partial charge in [0, 0.05) is 6.54 Å². The first-order valence-electron chi connectivity index (χ1n) is 5.77. The topological polar surface area (TPSA) is 68.3 Å². The van der Waals surface area contributed by atoms with Crippen LogP contribution in [0.15, 0.2) is 21.6 Å². The van der Waals surface area contributed by atoms with Crippen molar-refractivity contribution in [3.63, 3.8) is 0 Å². The predicted octanol–water partition coefficient (Wildman–Crippen LogP) is 2.67. The molecule has 3 N–H and O–H groups in total. The molecule has 18 heavy (non-hydrogen) atoms. The molecular weight excluding hydrogens is 272 g/mol. The van der Waals surface area contributed by atoms with Crippen molar-refractivity contribution >= 4 is 30.1 Å². The van der Waals surface area contributed by atoms with Crippen LogP contribution >= 0.6 is 24.2 Å². The van der Waals surface area contributed by atoms with Crippen LogP contribution in [-0.4, -0.2) is 24.2 Å². The summed E-state index contributed by atoms with van der Waals surface area (Å²) in [4.78, 5) is 12.0. The molecule has 0 aromatic carbocycles. The van der Waals surface area contributed by atoms with Crippen molar-refractivity contribution in [1.82, 2.24) is 5.32 Å². The quantitative estimate of drug-likeness (QED) is 0.791. The van der Waals surface area contributed by atoms with E-state index in [1.807, 2.05) is 20.1 Å². The molecule has 0 saturated heterocycles. The van der Waals surface area contributed by atoms with E-state index in [4.69, 9.17) is 10.2 Å². The molecule has 1 heterocycles. The number of amides is 1. The smallest absolute Gasteiger partial charge is 0.287 e. The van der Waals surface area contributed by atoms with Gasteiger partial charge in [-0.05, 0) is 31.2 Å². The van der Waals surface area contributed by atoms with Gasteiger partial charge in [0.15, 0.2) is 10.9 Å². The normalized spacial score (nSPS) is 10.9. The molecule has 0 aliphatic rings. The van der Waals surface area contributed by atoms with Gasteiger partial charge in [0.25, 0.3) is 5.91 Å². The van der Waals surface area contributed by atoms with Gasteiger partial charge in [0.1, 0.15) is 0 Å². The predicted molar refractivity (Wildman–Crippen MR) is 77.6 cm³/mol. The zero-order chi connectivity index (χ0) is 12.9. The average molecular weight is 293 g/mol. The highest BCUT2D eigenvalue weighted by Crippen LogP contribution is 2.19. The Balaban J connectivity index is 0.00000289. The van der Waals surface area contributed by atoms with Gasteiger partial charge in [0.05, 0.1) is 5.54 Å². The lowest BCUT2D eigenvalue weighted by atomic mass is 9.93. The fraction of sp³-hybridized carbons (Fsp3) is 0.583. The van der Waals surface area contributed by atoms with E-state index in [0.717, 1.165) is 17.9 Å². The Morgan fingerprint density at radius 3 is 2.44 bits per heavy atom. The van der Waals surface area contributed by atoms with E-state index in [1.54, 1.807) is 12.1 Å². The average Bonchev–Trinajstić information content (AvgIpc) is 2.85. The zero-order valence-electron chi connectivity index (χ0n) is 11.0. The van der Waals surface area contributed by atoms with Crippen molar-refractivity contribution in [1.29, 1.82) is 0 Å². The molecule has 0 radical (unpaired) electrons. The summed E-state index contributed by atoms with van der Waals surface area (Å²) >= 11 is 1.47. The molecule has 104 valence electrons. The Kier molecular flexibility index (Phi) is 7.43. The summed E-state index contributed by atoms with van der Waals surface area (Å²) in [6.07, 6.45) is 3.52. The first kappa shape index (κ1) is 17.4. The molecule has 0 aliphatic heterocycles. The summed E-state index contributed by atoms with van der Waals surface area (Å²) in [6, 6.07) is 3.48. The second kappa shape index (κ2) is 7.71. The monoisotopic (exact) mass is 292 g/mol. The van der Waals surface area contributed by atoms with Gasteiger partial charge >= 0.3 is 0 Å². The van der Waals surface area contributed by atoms with Crippen LogP contribution in [0.2, 0.25) is 0 Å². The minimum absolute atomic E-state index is 0. The number of carbonyl (C=O) groups excluding carboxylic acids is 1. The third kappa shape index (κ3) is 3.93. The Morgan fingerprint density at radius 2 is 2.06 bits per heavy atom. The minimum Gasteiger partial charge on any atom is -0.445 e. The Hall–Kier alpha value is -0.650. The molecule has 6 heteroatoms. The van der Waals surface area contributed by atoms with Crippen LogP contribution in [-0.2, 0) is 0 Å². The first-order chi connectivity index (χ1) is 8.10. The highest BCUT2D eigenvalue weighted by atomic mass is 35.5. The largest absolute Gasteiger partial charge is 0.445 e. The Morgan fingerprint density at radius 1 is 1.44 bits per heavy atom. The molecule has 0 atom stereocenters. The first-order valence-corrected chi connectivity index (χ1v) is 6.99. The summed E-state index contributed by atoms with van der Waals surface area (Å²) < 4.78 is 5.38. The van der Waals surface area contributed by atoms with E-state index in [1.165, 1.54) is 11.8 Å². The molecule has 1 aromatic heterocycles. The molecule has 0 bridgehead atoms. The zero-order valence-corrected chi connectivity index (χ0v) is 12.6. The third-order valence-corrected chi connectivity index (χ3v) is 3.75. The highest BCUT2D eigenvalue weighted by Gasteiger charge is 2.27. The summed E-state index contributed by atoms with van der Waals surface area (Å²) in [6.45, 7) is 4.47.